The number of benzene rings is 2. The second-order valence-electron chi connectivity index (χ2n) is 12.0. The summed E-state index contributed by atoms with van der Waals surface area (Å²) in [5.41, 5.74) is 3.88. The van der Waals surface area contributed by atoms with Crippen molar-refractivity contribution in [1.29, 1.82) is 0 Å². The van der Waals surface area contributed by atoms with Gasteiger partial charge in [-0.25, -0.2) is 0 Å². The molecule has 3 aliphatic carbocycles. The topological polar surface area (TPSA) is 51.2 Å². The number of methoxy groups -OCH3 is 1. The normalized spacial score (nSPS) is 36.4. The molecule has 7 rings (SSSR count). The van der Waals surface area contributed by atoms with Crippen LogP contribution in [0.4, 0.5) is 0 Å². The van der Waals surface area contributed by atoms with Crippen molar-refractivity contribution >= 4 is 0 Å². The van der Waals surface area contributed by atoms with Crippen LogP contribution in [0.1, 0.15) is 55.7 Å². The van der Waals surface area contributed by atoms with Crippen LogP contribution < -0.4 is 4.74 Å². The summed E-state index contributed by atoms with van der Waals surface area (Å²) in [5.74, 6) is 2.14. The Morgan fingerprint density at radius 1 is 1.14 bits per heavy atom. The molecule has 0 aromatic heterocycles. The Hall–Kier alpha value is -2.08. The quantitative estimate of drug-likeness (QED) is 0.561. The van der Waals surface area contributed by atoms with Crippen LogP contribution >= 0.6 is 0 Å². The SMILES string of the molecule is CCC12C[C@H](COCc3ccccc3)C(OC)[C@@H]3Oc4c(O)ccc5c4[C@@]31CCN(CC1CC1)[C@@H]2C5. The molecule has 36 heavy (non-hydrogen) atoms. The maximum Gasteiger partial charge on any atom is 0.165 e. The molecule has 2 aromatic carbocycles. The van der Waals surface area contributed by atoms with Gasteiger partial charge >= 0.3 is 0 Å². The predicted octanol–water partition coefficient (Wildman–Crippen LogP) is 5.08. The van der Waals surface area contributed by atoms with E-state index in [4.69, 9.17) is 14.2 Å². The van der Waals surface area contributed by atoms with Crippen LogP contribution in [0.3, 0.4) is 0 Å². The molecule has 5 heteroatoms. The minimum absolute atomic E-state index is 0.0613. The van der Waals surface area contributed by atoms with Gasteiger partial charge in [0.2, 0.25) is 0 Å². The zero-order valence-electron chi connectivity index (χ0n) is 21.6. The Kier molecular flexibility index (Phi) is 5.43. The van der Waals surface area contributed by atoms with Crippen LogP contribution in [0, 0.1) is 17.3 Å². The standard InChI is InChI=1S/C31H39NO4/c1-3-30-16-23(19-35-18-21-7-5-4-6-8-21)27(34-2)29-31(30)13-14-32(17-20-9-10-20)25(30)15-22-11-12-24(33)28(36-29)26(22)31/h4-8,11-12,20,23,25,27,29,33H,3,9-10,13-19H2,1-2H3/t23-,25-,27?,29+,30?,31+/m1/s1. The number of phenolic OH excluding ortho intramolecular Hbond substituents is 1. The molecule has 2 unspecified atom stereocenters. The van der Waals surface area contributed by atoms with Gasteiger partial charge in [0.05, 0.1) is 19.3 Å². The molecule has 0 radical (unpaired) electrons. The number of hydrogen-bond donors (Lipinski definition) is 1. The predicted molar refractivity (Wildman–Crippen MR) is 138 cm³/mol. The lowest BCUT2D eigenvalue weighted by Crippen LogP contribution is -2.75. The van der Waals surface area contributed by atoms with Crippen molar-refractivity contribution in [2.24, 2.45) is 17.3 Å². The van der Waals surface area contributed by atoms with E-state index in [-0.39, 0.29) is 34.7 Å². The van der Waals surface area contributed by atoms with Gasteiger partial charge in [0, 0.05) is 36.6 Å². The zero-order valence-corrected chi connectivity index (χ0v) is 21.6. The Morgan fingerprint density at radius 3 is 2.72 bits per heavy atom. The summed E-state index contributed by atoms with van der Waals surface area (Å²) >= 11 is 0. The first kappa shape index (κ1) is 23.1. The molecule has 3 fully saturated rings. The van der Waals surface area contributed by atoms with Crippen LogP contribution in [-0.2, 0) is 27.9 Å². The molecule has 5 aliphatic rings. The van der Waals surface area contributed by atoms with Gasteiger partial charge in [0.1, 0.15) is 6.10 Å². The first-order valence-electron chi connectivity index (χ1n) is 14.0. The number of aromatic hydroxyl groups is 1. The number of nitrogens with zero attached hydrogens (tertiary/aromatic N) is 1. The van der Waals surface area contributed by atoms with Gasteiger partial charge in [-0.3, -0.25) is 4.90 Å². The molecule has 0 amide bonds. The fourth-order valence-corrected chi connectivity index (χ4v) is 8.88. The Bertz CT molecular complexity index is 1130. The fraction of sp³-hybridized carbons (Fsp3) is 0.613. The van der Waals surface area contributed by atoms with Crippen molar-refractivity contribution in [3.05, 3.63) is 59.2 Å². The molecule has 2 bridgehead atoms. The van der Waals surface area contributed by atoms with Gasteiger partial charge in [-0.2, -0.15) is 0 Å². The van der Waals surface area contributed by atoms with Gasteiger partial charge in [-0.1, -0.05) is 43.3 Å². The molecule has 6 atom stereocenters. The molecule has 2 saturated carbocycles. The molecular formula is C31H39NO4. The van der Waals surface area contributed by atoms with E-state index in [9.17, 15) is 5.11 Å². The van der Waals surface area contributed by atoms with Crippen molar-refractivity contribution < 1.29 is 19.3 Å². The lowest BCUT2D eigenvalue weighted by atomic mass is 9.41. The highest BCUT2D eigenvalue weighted by Crippen LogP contribution is 2.71. The lowest BCUT2D eigenvalue weighted by Gasteiger charge is -2.68. The number of rotatable bonds is 8. The number of phenols is 1. The highest BCUT2D eigenvalue weighted by atomic mass is 16.5. The van der Waals surface area contributed by atoms with E-state index in [0.717, 1.165) is 43.9 Å². The first-order valence-corrected chi connectivity index (χ1v) is 14.0. The molecular weight excluding hydrogens is 450 g/mol. The van der Waals surface area contributed by atoms with Crippen molar-refractivity contribution in [2.75, 3.05) is 26.8 Å². The second kappa shape index (κ2) is 8.47. The third-order valence-electron chi connectivity index (χ3n) is 10.5. The third kappa shape index (κ3) is 3.12. The Labute approximate surface area is 214 Å². The summed E-state index contributed by atoms with van der Waals surface area (Å²) in [6.45, 7) is 6.02. The lowest BCUT2D eigenvalue weighted by molar-refractivity contribution is -0.199. The van der Waals surface area contributed by atoms with E-state index in [1.165, 1.54) is 36.1 Å². The van der Waals surface area contributed by atoms with Gasteiger partial charge in [-0.15, -0.1) is 0 Å². The maximum absolute atomic E-state index is 10.9. The van der Waals surface area contributed by atoms with Crippen molar-refractivity contribution in [1.82, 2.24) is 4.90 Å². The Morgan fingerprint density at radius 2 is 1.97 bits per heavy atom. The van der Waals surface area contributed by atoms with Gasteiger partial charge in [0.15, 0.2) is 11.5 Å². The molecule has 2 aliphatic heterocycles. The van der Waals surface area contributed by atoms with E-state index in [0.29, 0.717) is 19.3 Å². The molecule has 2 aromatic rings. The summed E-state index contributed by atoms with van der Waals surface area (Å²) in [5, 5.41) is 10.9. The number of hydrogen-bond acceptors (Lipinski definition) is 5. The average Bonchev–Trinajstić information content (AvgIpc) is 3.65. The molecule has 1 saturated heterocycles. The van der Waals surface area contributed by atoms with Gasteiger partial charge in [-0.05, 0) is 73.6 Å². The highest BCUT2D eigenvalue weighted by Gasteiger charge is 2.74. The molecule has 1 spiro atoms. The van der Waals surface area contributed by atoms with E-state index in [2.05, 4.69) is 42.2 Å². The van der Waals surface area contributed by atoms with Crippen molar-refractivity contribution in [3.63, 3.8) is 0 Å². The highest BCUT2D eigenvalue weighted by molar-refractivity contribution is 5.62. The smallest absolute Gasteiger partial charge is 0.165 e. The average molecular weight is 490 g/mol. The number of piperidine rings is 1. The molecule has 2 heterocycles. The van der Waals surface area contributed by atoms with Crippen LogP contribution in [0.15, 0.2) is 42.5 Å². The monoisotopic (exact) mass is 489 g/mol. The zero-order chi connectivity index (χ0) is 24.5. The van der Waals surface area contributed by atoms with Crippen molar-refractivity contribution in [2.45, 2.75) is 75.7 Å². The van der Waals surface area contributed by atoms with Crippen LogP contribution in [0.5, 0.6) is 11.5 Å². The van der Waals surface area contributed by atoms with Gasteiger partial charge < -0.3 is 19.3 Å². The van der Waals surface area contributed by atoms with Crippen LogP contribution in [0.2, 0.25) is 0 Å². The minimum Gasteiger partial charge on any atom is -0.504 e. The second-order valence-corrected chi connectivity index (χ2v) is 12.0. The van der Waals surface area contributed by atoms with Gasteiger partial charge in [0.25, 0.3) is 0 Å². The fourth-order valence-electron chi connectivity index (χ4n) is 8.88. The summed E-state index contributed by atoms with van der Waals surface area (Å²) in [6.07, 6.45) is 6.94. The third-order valence-corrected chi connectivity index (χ3v) is 10.5. The summed E-state index contributed by atoms with van der Waals surface area (Å²) < 4.78 is 19.5. The van der Waals surface area contributed by atoms with Crippen molar-refractivity contribution in [3.8, 4) is 11.5 Å². The Balaban J connectivity index is 1.29. The molecule has 5 nitrogen and oxygen atoms in total. The number of ether oxygens (including phenoxy) is 3. The van der Waals surface area contributed by atoms with E-state index < -0.39 is 0 Å². The van der Waals surface area contributed by atoms with Crippen LogP contribution in [-0.4, -0.2) is 55.1 Å². The van der Waals surface area contributed by atoms with E-state index in [1.807, 2.05) is 19.2 Å². The number of likely N-dealkylation sites (tertiary alicyclic amines) is 1. The van der Waals surface area contributed by atoms with E-state index >= 15 is 0 Å². The van der Waals surface area contributed by atoms with Crippen LogP contribution in [0.25, 0.3) is 0 Å². The molecule has 1 N–H and O–H groups in total. The minimum atomic E-state index is -0.106. The summed E-state index contributed by atoms with van der Waals surface area (Å²) in [7, 11) is 1.83. The molecule has 192 valence electrons. The summed E-state index contributed by atoms with van der Waals surface area (Å²) in [6, 6.07) is 15.0. The maximum atomic E-state index is 10.9. The summed E-state index contributed by atoms with van der Waals surface area (Å²) in [4.78, 5) is 2.84. The largest absolute Gasteiger partial charge is 0.504 e. The first-order chi connectivity index (χ1) is 17.6. The van der Waals surface area contributed by atoms with E-state index in [1.54, 1.807) is 0 Å².